The van der Waals surface area contributed by atoms with E-state index >= 15 is 0 Å². The number of hydrogen-bond donors (Lipinski definition) is 2. The zero-order valence-electron chi connectivity index (χ0n) is 18.4. The molecule has 0 bridgehead atoms. The smallest absolute Gasteiger partial charge is 0.305 e. The van der Waals surface area contributed by atoms with E-state index in [9.17, 15) is 4.79 Å². The number of esters is 1. The van der Waals surface area contributed by atoms with Gasteiger partial charge >= 0.3 is 5.97 Å². The summed E-state index contributed by atoms with van der Waals surface area (Å²) in [4.78, 5) is 11.4. The van der Waals surface area contributed by atoms with Crippen LogP contribution in [0.15, 0.2) is 12.2 Å². The number of unbranched alkanes of at least 4 members (excludes halogenated alkanes) is 14. The summed E-state index contributed by atoms with van der Waals surface area (Å²) in [6.07, 6.45) is 24.5. The van der Waals surface area contributed by atoms with Crippen LogP contribution in [0.25, 0.3) is 0 Å². The number of carbonyl (C=O) groups excluding carboxylic acids is 1. The molecule has 1 unspecified atom stereocenters. The Bertz CT molecular complexity index is 355. The van der Waals surface area contributed by atoms with Crippen LogP contribution >= 0.6 is 0 Å². The molecule has 0 aliphatic heterocycles. The van der Waals surface area contributed by atoms with Gasteiger partial charge in [0.05, 0.1) is 6.61 Å². The fourth-order valence-electron chi connectivity index (χ4n) is 3.18. The second-order valence-electron chi connectivity index (χ2n) is 7.91. The largest absolute Gasteiger partial charge is 0.463 e. The third kappa shape index (κ3) is 21.4. The Balaban J connectivity index is 3.20. The van der Waals surface area contributed by atoms with Gasteiger partial charge in [-0.15, -0.1) is 0 Å². The SMILES string of the molecule is CCCCCCCCC/C=C\CCCCCCCCCC(=O)OCC(O)CO. The highest BCUT2D eigenvalue weighted by molar-refractivity contribution is 5.69. The van der Waals surface area contributed by atoms with Gasteiger partial charge in [-0.3, -0.25) is 4.79 Å². The van der Waals surface area contributed by atoms with Crippen molar-refractivity contribution in [2.75, 3.05) is 13.2 Å². The zero-order chi connectivity index (χ0) is 20.7. The van der Waals surface area contributed by atoms with Crippen molar-refractivity contribution in [1.29, 1.82) is 0 Å². The lowest BCUT2D eigenvalue weighted by Crippen LogP contribution is -2.21. The first-order valence-electron chi connectivity index (χ1n) is 11.8. The molecule has 0 aromatic heterocycles. The van der Waals surface area contributed by atoms with E-state index < -0.39 is 6.10 Å². The molecule has 0 saturated carbocycles. The fourth-order valence-corrected chi connectivity index (χ4v) is 3.18. The Hall–Kier alpha value is -0.870. The van der Waals surface area contributed by atoms with Crippen LogP contribution in [-0.4, -0.2) is 35.5 Å². The predicted octanol–water partition coefficient (Wildman–Crippen LogP) is 6.09. The molecule has 0 heterocycles. The van der Waals surface area contributed by atoms with Crippen LogP contribution in [0.4, 0.5) is 0 Å². The van der Waals surface area contributed by atoms with Crippen molar-refractivity contribution >= 4 is 5.97 Å². The maximum Gasteiger partial charge on any atom is 0.305 e. The van der Waals surface area contributed by atoms with E-state index in [4.69, 9.17) is 14.9 Å². The average Bonchev–Trinajstić information content (AvgIpc) is 2.71. The maximum atomic E-state index is 11.4. The van der Waals surface area contributed by atoms with Gasteiger partial charge in [-0.05, 0) is 32.1 Å². The zero-order valence-corrected chi connectivity index (χ0v) is 18.4. The lowest BCUT2D eigenvalue weighted by molar-refractivity contribution is -0.147. The first-order valence-corrected chi connectivity index (χ1v) is 11.8. The summed E-state index contributed by atoms with van der Waals surface area (Å²) < 4.78 is 4.87. The Kier molecular flexibility index (Phi) is 21.7. The van der Waals surface area contributed by atoms with Gasteiger partial charge in [-0.1, -0.05) is 89.7 Å². The summed E-state index contributed by atoms with van der Waals surface area (Å²) in [6.45, 7) is 1.79. The van der Waals surface area contributed by atoms with Gasteiger partial charge in [0.1, 0.15) is 12.7 Å². The Morgan fingerprint density at radius 2 is 1.25 bits per heavy atom. The van der Waals surface area contributed by atoms with Crippen LogP contribution in [-0.2, 0) is 9.53 Å². The molecule has 28 heavy (non-hydrogen) atoms. The number of carbonyl (C=O) groups is 1. The topological polar surface area (TPSA) is 66.8 Å². The molecule has 0 fully saturated rings. The van der Waals surface area contributed by atoms with E-state index in [0.717, 1.165) is 12.8 Å². The molecule has 0 radical (unpaired) electrons. The van der Waals surface area contributed by atoms with Crippen molar-refractivity contribution in [3.8, 4) is 0 Å². The Morgan fingerprint density at radius 3 is 1.75 bits per heavy atom. The molecular formula is C24H46O4. The van der Waals surface area contributed by atoms with E-state index in [1.807, 2.05) is 0 Å². The maximum absolute atomic E-state index is 11.4. The molecule has 166 valence electrons. The van der Waals surface area contributed by atoms with E-state index in [1.165, 1.54) is 89.9 Å². The van der Waals surface area contributed by atoms with Crippen molar-refractivity contribution < 1.29 is 19.7 Å². The molecule has 1 atom stereocenters. The summed E-state index contributed by atoms with van der Waals surface area (Å²) in [5.41, 5.74) is 0. The van der Waals surface area contributed by atoms with Crippen LogP contribution in [0.3, 0.4) is 0 Å². The van der Waals surface area contributed by atoms with E-state index in [-0.39, 0.29) is 19.2 Å². The highest BCUT2D eigenvalue weighted by atomic mass is 16.5. The predicted molar refractivity (Wildman–Crippen MR) is 117 cm³/mol. The van der Waals surface area contributed by atoms with Gasteiger partial charge in [0.25, 0.3) is 0 Å². The van der Waals surface area contributed by atoms with Crippen LogP contribution < -0.4 is 0 Å². The van der Waals surface area contributed by atoms with Crippen molar-refractivity contribution in [1.82, 2.24) is 0 Å². The monoisotopic (exact) mass is 398 g/mol. The number of aliphatic hydroxyl groups excluding tert-OH is 2. The molecule has 4 heteroatoms. The van der Waals surface area contributed by atoms with Crippen molar-refractivity contribution in [2.45, 2.75) is 122 Å². The van der Waals surface area contributed by atoms with Crippen molar-refractivity contribution in [3.63, 3.8) is 0 Å². The minimum absolute atomic E-state index is 0.108. The average molecular weight is 399 g/mol. The highest BCUT2D eigenvalue weighted by Crippen LogP contribution is 2.11. The highest BCUT2D eigenvalue weighted by Gasteiger charge is 2.07. The Morgan fingerprint density at radius 1 is 0.786 bits per heavy atom. The number of allylic oxidation sites excluding steroid dienone is 2. The summed E-state index contributed by atoms with van der Waals surface area (Å²) >= 11 is 0. The van der Waals surface area contributed by atoms with E-state index in [0.29, 0.717) is 6.42 Å². The van der Waals surface area contributed by atoms with Crippen molar-refractivity contribution in [3.05, 3.63) is 12.2 Å². The molecule has 4 nitrogen and oxygen atoms in total. The summed E-state index contributed by atoms with van der Waals surface area (Å²) in [5.74, 6) is -0.282. The first kappa shape index (κ1) is 27.1. The van der Waals surface area contributed by atoms with Gasteiger partial charge < -0.3 is 14.9 Å². The lowest BCUT2D eigenvalue weighted by atomic mass is 10.1. The number of ether oxygens (including phenoxy) is 1. The van der Waals surface area contributed by atoms with Gasteiger partial charge in [-0.2, -0.15) is 0 Å². The standard InChI is InChI=1S/C24H46O4/c1-2-3-4-5-6-7-8-9-10-11-12-13-14-15-16-17-18-19-20-24(27)28-22-23(26)21-25/h10-11,23,25-26H,2-9,12-22H2,1H3/b11-10-. The van der Waals surface area contributed by atoms with Gasteiger partial charge in [0.2, 0.25) is 0 Å². The number of aliphatic hydroxyl groups is 2. The quantitative estimate of drug-likeness (QED) is 0.139. The van der Waals surface area contributed by atoms with Crippen molar-refractivity contribution in [2.24, 2.45) is 0 Å². The van der Waals surface area contributed by atoms with Gasteiger partial charge in [0, 0.05) is 6.42 Å². The van der Waals surface area contributed by atoms with E-state index in [1.54, 1.807) is 0 Å². The third-order valence-corrected chi connectivity index (χ3v) is 5.04. The third-order valence-electron chi connectivity index (χ3n) is 5.04. The molecule has 0 amide bonds. The van der Waals surface area contributed by atoms with Crippen LogP contribution in [0.1, 0.15) is 116 Å². The second-order valence-corrected chi connectivity index (χ2v) is 7.91. The Labute approximate surface area is 173 Å². The lowest BCUT2D eigenvalue weighted by Gasteiger charge is -2.08. The van der Waals surface area contributed by atoms with Gasteiger partial charge in [-0.25, -0.2) is 0 Å². The molecule has 0 aliphatic rings. The minimum Gasteiger partial charge on any atom is -0.463 e. The molecule has 0 aliphatic carbocycles. The normalized spacial score (nSPS) is 12.5. The fraction of sp³-hybridized carbons (Fsp3) is 0.875. The van der Waals surface area contributed by atoms with E-state index in [2.05, 4.69) is 19.1 Å². The molecule has 2 N–H and O–H groups in total. The number of hydrogen-bond acceptors (Lipinski definition) is 4. The summed E-state index contributed by atoms with van der Waals surface area (Å²) in [5, 5.41) is 17.7. The van der Waals surface area contributed by atoms with Crippen LogP contribution in [0, 0.1) is 0 Å². The molecule has 0 aromatic rings. The van der Waals surface area contributed by atoms with Crippen LogP contribution in [0.5, 0.6) is 0 Å². The van der Waals surface area contributed by atoms with Crippen LogP contribution in [0.2, 0.25) is 0 Å². The second kappa shape index (κ2) is 22.4. The van der Waals surface area contributed by atoms with Gasteiger partial charge in [0.15, 0.2) is 0 Å². The molecule has 0 rings (SSSR count). The minimum atomic E-state index is -0.959. The molecular weight excluding hydrogens is 352 g/mol. The summed E-state index contributed by atoms with van der Waals surface area (Å²) in [6, 6.07) is 0. The summed E-state index contributed by atoms with van der Waals surface area (Å²) in [7, 11) is 0. The first-order chi connectivity index (χ1) is 13.7. The number of rotatable bonds is 21. The molecule has 0 spiro atoms. The molecule has 0 aromatic carbocycles. The molecule has 0 saturated heterocycles.